The first-order chi connectivity index (χ1) is 15.3. The molecule has 0 saturated heterocycles. The lowest BCUT2D eigenvalue weighted by atomic mass is 9.97. The predicted molar refractivity (Wildman–Crippen MR) is 123 cm³/mol. The van der Waals surface area contributed by atoms with Crippen LogP contribution in [-0.2, 0) is 24.9 Å². The fourth-order valence-corrected chi connectivity index (χ4v) is 3.99. The number of benzene rings is 1. The van der Waals surface area contributed by atoms with Crippen LogP contribution in [-0.4, -0.2) is 30.9 Å². The average Bonchev–Trinajstić information content (AvgIpc) is 3.36. The molecule has 0 unspecified atom stereocenters. The molecule has 1 aliphatic rings. The molecule has 166 valence electrons. The summed E-state index contributed by atoms with van der Waals surface area (Å²) in [6, 6.07) is 6.28. The van der Waals surface area contributed by atoms with Crippen LogP contribution in [0, 0.1) is 0 Å². The third-order valence-electron chi connectivity index (χ3n) is 5.67. The molecule has 2 N–H and O–H groups in total. The molecule has 9 heteroatoms. The quantitative estimate of drug-likeness (QED) is 0.509. The predicted octanol–water partition coefficient (Wildman–Crippen LogP) is 3.28. The second-order valence-corrected chi connectivity index (χ2v) is 9.05. The molecule has 5 rings (SSSR count). The molecule has 4 heterocycles. The first-order valence-corrected chi connectivity index (χ1v) is 10.9. The zero-order valence-electron chi connectivity index (χ0n) is 18.8. The van der Waals surface area contributed by atoms with Crippen LogP contribution in [0.25, 0.3) is 16.9 Å². The van der Waals surface area contributed by atoms with E-state index in [4.69, 9.17) is 4.42 Å². The molecule has 32 heavy (non-hydrogen) atoms. The van der Waals surface area contributed by atoms with Gasteiger partial charge in [-0.25, -0.2) is 14.6 Å². The van der Waals surface area contributed by atoms with Crippen molar-refractivity contribution in [1.82, 2.24) is 29.6 Å². The number of nitrogens with zero attached hydrogens (tertiary/aromatic N) is 5. The van der Waals surface area contributed by atoms with Gasteiger partial charge < -0.3 is 15.1 Å². The number of fused-ring (bicyclic) bond motifs is 2. The van der Waals surface area contributed by atoms with Crippen molar-refractivity contribution in [3.05, 3.63) is 58.0 Å². The van der Waals surface area contributed by atoms with Crippen molar-refractivity contribution in [2.45, 2.75) is 52.6 Å². The molecular weight excluding hydrogens is 406 g/mol. The minimum atomic E-state index is -0.248. The maximum Gasteiger partial charge on any atom is 0.278 e. The Morgan fingerprint density at radius 2 is 2.03 bits per heavy atom. The summed E-state index contributed by atoms with van der Waals surface area (Å²) in [5.41, 5.74) is 3.62. The van der Waals surface area contributed by atoms with Gasteiger partial charge in [-0.2, -0.15) is 9.67 Å². The fraction of sp³-hybridized carbons (Fsp3) is 0.391. The molecule has 0 amide bonds. The van der Waals surface area contributed by atoms with E-state index in [1.165, 1.54) is 11.1 Å². The molecule has 0 aliphatic carbocycles. The summed E-state index contributed by atoms with van der Waals surface area (Å²) < 4.78 is 9.29. The van der Waals surface area contributed by atoms with Gasteiger partial charge in [-0.05, 0) is 43.1 Å². The zero-order valence-corrected chi connectivity index (χ0v) is 18.8. The summed E-state index contributed by atoms with van der Waals surface area (Å²) in [4.78, 5) is 26.5. The van der Waals surface area contributed by atoms with E-state index < -0.39 is 0 Å². The van der Waals surface area contributed by atoms with Gasteiger partial charge in [-0.1, -0.05) is 26.8 Å². The summed E-state index contributed by atoms with van der Waals surface area (Å²) in [5.74, 6) is 1.47. The number of aromatic nitrogens is 5. The molecule has 1 aliphatic heterocycles. The maximum atomic E-state index is 13.0. The summed E-state index contributed by atoms with van der Waals surface area (Å²) >= 11 is 0. The number of rotatable bonds is 4. The lowest BCUT2D eigenvalue weighted by Crippen LogP contribution is -2.23. The van der Waals surface area contributed by atoms with Crippen LogP contribution < -0.4 is 16.2 Å². The monoisotopic (exact) mass is 433 g/mol. The van der Waals surface area contributed by atoms with Crippen LogP contribution in [0.1, 0.15) is 44.7 Å². The number of hydrogen-bond acceptors (Lipinski definition) is 7. The number of nitrogens with one attached hydrogen (secondary N) is 2. The topological polar surface area (TPSA) is 103 Å². The van der Waals surface area contributed by atoms with Gasteiger partial charge in [0.25, 0.3) is 5.56 Å². The Balaban J connectivity index is 1.58. The van der Waals surface area contributed by atoms with Gasteiger partial charge in [-0.3, -0.25) is 4.79 Å². The van der Waals surface area contributed by atoms with Gasteiger partial charge in [0.1, 0.15) is 5.39 Å². The van der Waals surface area contributed by atoms with Crippen LogP contribution >= 0.6 is 0 Å². The minimum Gasteiger partial charge on any atom is -0.422 e. The van der Waals surface area contributed by atoms with Crippen molar-refractivity contribution in [2.24, 2.45) is 0 Å². The van der Waals surface area contributed by atoms with Crippen molar-refractivity contribution in [1.29, 1.82) is 0 Å². The number of hydrogen-bond donors (Lipinski definition) is 2. The first-order valence-electron chi connectivity index (χ1n) is 10.9. The fourth-order valence-electron chi connectivity index (χ4n) is 3.99. The standard InChI is InChI=1S/C23H27N7O2/c1-5-29-20(31)17-12-26-22(27-16-7-6-15-11-24-9-8-14(15)10-16)28-19(17)30(29)18-13-25-21(32-18)23(2,3)4/h6-7,10,12-13,24H,5,8-9,11H2,1-4H3,(H,26,27,28). The molecule has 4 aromatic rings. The SMILES string of the molecule is CCn1c(=O)c2cnc(Nc3ccc4c(c3)CCNC4)nc2n1-c1cnc(C(C)(C)C)o1. The van der Waals surface area contributed by atoms with Gasteiger partial charge in [0.2, 0.25) is 17.7 Å². The molecule has 0 atom stereocenters. The Kier molecular flexibility index (Phi) is 4.85. The van der Waals surface area contributed by atoms with E-state index in [-0.39, 0.29) is 11.0 Å². The second-order valence-electron chi connectivity index (χ2n) is 9.05. The molecule has 1 aromatic carbocycles. The third kappa shape index (κ3) is 3.48. The smallest absolute Gasteiger partial charge is 0.278 e. The van der Waals surface area contributed by atoms with E-state index >= 15 is 0 Å². The Morgan fingerprint density at radius 1 is 1.19 bits per heavy atom. The van der Waals surface area contributed by atoms with Crippen LogP contribution in [0.15, 0.2) is 39.8 Å². The van der Waals surface area contributed by atoms with E-state index in [0.717, 1.165) is 25.2 Å². The zero-order chi connectivity index (χ0) is 22.5. The van der Waals surface area contributed by atoms with Crippen LogP contribution in [0.2, 0.25) is 0 Å². The number of anilines is 2. The average molecular weight is 434 g/mol. The largest absolute Gasteiger partial charge is 0.422 e. The van der Waals surface area contributed by atoms with Crippen molar-refractivity contribution in [2.75, 3.05) is 11.9 Å². The molecule has 0 spiro atoms. The second kappa shape index (κ2) is 7.59. The Hall–Kier alpha value is -3.46. The Bertz CT molecular complexity index is 1360. The van der Waals surface area contributed by atoms with E-state index in [1.807, 2.05) is 33.8 Å². The van der Waals surface area contributed by atoms with Crippen molar-refractivity contribution in [3.8, 4) is 5.88 Å². The summed E-state index contributed by atoms with van der Waals surface area (Å²) in [6.45, 7) is 10.3. The van der Waals surface area contributed by atoms with Gasteiger partial charge in [0.15, 0.2) is 5.65 Å². The Morgan fingerprint density at radius 3 is 2.78 bits per heavy atom. The van der Waals surface area contributed by atoms with E-state index in [9.17, 15) is 4.79 Å². The van der Waals surface area contributed by atoms with Gasteiger partial charge >= 0.3 is 0 Å². The van der Waals surface area contributed by atoms with Crippen molar-refractivity contribution < 1.29 is 4.42 Å². The molecule has 0 radical (unpaired) electrons. The normalized spacial score (nSPS) is 14.0. The molecular formula is C23H27N7O2. The van der Waals surface area contributed by atoms with Gasteiger partial charge in [0.05, 0.1) is 6.20 Å². The van der Waals surface area contributed by atoms with E-state index in [0.29, 0.717) is 35.3 Å². The minimum absolute atomic E-state index is 0.163. The molecule has 0 bridgehead atoms. The summed E-state index contributed by atoms with van der Waals surface area (Å²) in [6.07, 6.45) is 4.20. The first kappa shape index (κ1) is 20.4. The third-order valence-corrected chi connectivity index (χ3v) is 5.67. The highest BCUT2D eigenvalue weighted by atomic mass is 16.4. The molecule has 3 aromatic heterocycles. The summed E-state index contributed by atoms with van der Waals surface area (Å²) in [7, 11) is 0. The Labute approximate surface area is 185 Å². The molecule has 9 nitrogen and oxygen atoms in total. The highest BCUT2D eigenvalue weighted by Gasteiger charge is 2.24. The lowest BCUT2D eigenvalue weighted by molar-refractivity contribution is 0.372. The van der Waals surface area contributed by atoms with Gasteiger partial charge in [-0.15, -0.1) is 0 Å². The van der Waals surface area contributed by atoms with Crippen LogP contribution in [0.5, 0.6) is 0 Å². The molecule has 0 saturated carbocycles. The van der Waals surface area contributed by atoms with E-state index in [1.54, 1.807) is 21.8 Å². The lowest BCUT2D eigenvalue weighted by Gasteiger charge is -2.18. The summed E-state index contributed by atoms with van der Waals surface area (Å²) in [5, 5.41) is 7.10. The van der Waals surface area contributed by atoms with Crippen molar-refractivity contribution in [3.63, 3.8) is 0 Å². The highest BCUT2D eigenvalue weighted by Crippen LogP contribution is 2.26. The van der Waals surface area contributed by atoms with Crippen LogP contribution in [0.3, 0.4) is 0 Å². The van der Waals surface area contributed by atoms with E-state index in [2.05, 4.69) is 37.7 Å². The number of oxazole rings is 1. The molecule has 0 fully saturated rings. The maximum absolute atomic E-state index is 13.0. The highest BCUT2D eigenvalue weighted by molar-refractivity contribution is 5.76. The van der Waals surface area contributed by atoms with Crippen LogP contribution in [0.4, 0.5) is 11.6 Å². The van der Waals surface area contributed by atoms with Gasteiger partial charge in [0, 0.05) is 30.4 Å². The van der Waals surface area contributed by atoms with Crippen molar-refractivity contribution >= 4 is 22.7 Å².